The summed E-state index contributed by atoms with van der Waals surface area (Å²) >= 11 is 0. The molecule has 0 radical (unpaired) electrons. The number of rotatable bonds is 13. The molecule has 0 N–H and O–H groups in total. The van der Waals surface area contributed by atoms with Crippen molar-refractivity contribution in [2.75, 3.05) is 12.3 Å². The fraction of sp³-hybridized carbons (Fsp3) is 0.211. The van der Waals surface area contributed by atoms with Crippen molar-refractivity contribution < 1.29 is 21.1 Å². The summed E-state index contributed by atoms with van der Waals surface area (Å²) in [6, 6.07) is 44.2. The molecule has 4 aromatic carbocycles. The van der Waals surface area contributed by atoms with Crippen LogP contribution >= 0.6 is 15.8 Å². The van der Waals surface area contributed by atoms with Crippen LogP contribution in [-0.2, 0) is 21.1 Å². The van der Waals surface area contributed by atoms with E-state index >= 15 is 0 Å². The number of hydrogen-bond acceptors (Lipinski definition) is 0. The predicted octanol–water partition coefficient (Wildman–Crippen LogP) is 9.60. The van der Waals surface area contributed by atoms with Crippen LogP contribution in [0.1, 0.15) is 38.5 Å². The first-order chi connectivity index (χ1) is 19.7. The first kappa shape index (κ1) is 36.9. The molecule has 3 heteroatoms. The summed E-state index contributed by atoms with van der Waals surface area (Å²) in [4.78, 5) is 0. The van der Waals surface area contributed by atoms with Crippen LogP contribution in [0.3, 0.4) is 0 Å². The molecule has 0 heterocycles. The van der Waals surface area contributed by atoms with Crippen molar-refractivity contribution in [3.05, 3.63) is 160 Å². The van der Waals surface area contributed by atoms with Gasteiger partial charge in [-0.05, 0) is 62.2 Å². The van der Waals surface area contributed by atoms with Crippen LogP contribution in [0, 0.1) is 13.8 Å². The summed E-state index contributed by atoms with van der Waals surface area (Å²) < 4.78 is 0. The maximum absolute atomic E-state index is 3.68. The van der Waals surface area contributed by atoms with Gasteiger partial charge in [-0.3, -0.25) is 0 Å². The zero-order chi connectivity index (χ0) is 28.7. The summed E-state index contributed by atoms with van der Waals surface area (Å²) in [6.45, 7) is 14.5. The summed E-state index contributed by atoms with van der Waals surface area (Å²) in [7, 11) is -0.696. The topological polar surface area (TPSA) is 0 Å². The average molecular weight is 760 g/mol. The molecule has 4 aromatic rings. The van der Waals surface area contributed by atoms with Crippen LogP contribution in [0.25, 0.3) is 0 Å². The Kier molecular flexibility index (Phi) is 22.1. The van der Waals surface area contributed by atoms with Gasteiger partial charge >= 0.3 is 21.1 Å². The fourth-order valence-corrected chi connectivity index (χ4v) is 9.38. The molecule has 0 aliphatic rings. The second-order valence-electron chi connectivity index (χ2n) is 9.21. The first-order valence-corrected chi connectivity index (χ1v) is 17.4. The minimum atomic E-state index is -0.348. The van der Waals surface area contributed by atoms with Gasteiger partial charge in [0.15, 0.2) is 0 Å². The quantitative estimate of drug-likeness (QED) is 0.0552. The van der Waals surface area contributed by atoms with Crippen molar-refractivity contribution in [3.8, 4) is 0 Å². The third-order valence-corrected chi connectivity index (χ3v) is 11.5. The third kappa shape index (κ3) is 15.1. The van der Waals surface area contributed by atoms with Crippen molar-refractivity contribution in [2.24, 2.45) is 0 Å². The second-order valence-corrected chi connectivity index (χ2v) is 13.9. The van der Waals surface area contributed by atoms with Crippen LogP contribution in [0.2, 0.25) is 0 Å². The van der Waals surface area contributed by atoms with Gasteiger partial charge in [-0.15, -0.1) is 13.2 Å². The Morgan fingerprint density at radius 3 is 0.878 bits per heavy atom. The van der Waals surface area contributed by atoms with Crippen molar-refractivity contribution >= 4 is 37.1 Å². The number of unbranched alkanes of at least 4 members (excludes halogenated alkanes) is 4. The standard InChI is InChI=1S/C26H24P2.2C6H11.Pt/c1-5-13-23(14-6-1)27(24-15-7-2-8-16-24)21-22-28(25-17-9-3-10-18-25)26-19-11-4-12-20-26;2*1-3-5-6-4-2;/h1-20H,21-22H2;2*3H,1-2,4-6H2;/q;2*-1;+2. The second kappa shape index (κ2) is 24.5. The van der Waals surface area contributed by atoms with Crippen molar-refractivity contribution in [3.63, 3.8) is 0 Å². The monoisotopic (exact) mass is 759 g/mol. The Bertz CT molecular complexity index is 974. The van der Waals surface area contributed by atoms with E-state index in [0.717, 1.165) is 25.7 Å². The van der Waals surface area contributed by atoms with E-state index < -0.39 is 0 Å². The van der Waals surface area contributed by atoms with Crippen LogP contribution in [0.5, 0.6) is 0 Å². The first-order valence-electron chi connectivity index (χ1n) is 14.3. The van der Waals surface area contributed by atoms with Gasteiger partial charge < -0.3 is 13.8 Å². The van der Waals surface area contributed by atoms with E-state index in [1.54, 1.807) is 0 Å². The largest absolute Gasteiger partial charge is 2.00 e. The van der Waals surface area contributed by atoms with E-state index in [9.17, 15) is 0 Å². The minimum Gasteiger partial charge on any atom is -0.343 e. The van der Waals surface area contributed by atoms with Gasteiger partial charge in [0.1, 0.15) is 0 Å². The molecular formula is C38H46P2Pt. The van der Waals surface area contributed by atoms with Crippen molar-refractivity contribution in [1.82, 2.24) is 0 Å². The number of hydrogen-bond donors (Lipinski definition) is 0. The van der Waals surface area contributed by atoms with E-state index in [-0.39, 0.29) is 36.9 Å². The van der Waals surface area contributed by atoms with Crippen molar-refractivity contribution in [1.29, 1.82) is 0 Å². The van der Waals surface area contributed by atoms with Gasteiger partial charge in [-0.2, -0.15) is 12.8 Å². The molecule has 0 nitrogen and oxygen atoms in total. The normalized spacial score (nSPS) is 9.95. The predicted molar refractivity (Wildman–Crippen MR) is 187 cm³/mol. The van der Waals surface area contributed by atoms with Crippen LogP contribution in [-0.4, -0.2) is 12.3 Å². The van der Waals surface area contributed by atoms with E-state index in [4.69, 9.17) is 0 Å². The van der Waals surface area contributed by atoms with Gasteiger partial charge in [0, 0.05) is 0 Å². The van der Waals surface area contributed by atoms with Crippen molar-refractivity contribution in [2.45, 2.75) is 38.5 Å². The van der Waals surface area contributed by atoms with Gasteiger partial charge in [-0.25, -0.2) is 0 Å². The van der Waals surface area contributed by atoms with E-state index in [2.05, 4.69) is 148 Å². The summed E-state index contributed by atoms with van der Waals surface area (Å²) in [5.74, 6) is 0. The van der Waals surface area contributed by atoms with Gasteiger partial charge in [0.05, 0.1) is 0 Å². The molecule has 0 aromatic heterocycles. The summed E-state index contributed by atoms with van der Waals surface area (Å²) in [6.07, 6.45) is 12.9. The maximum atomic E-state index is 3.68. The van der Waals surface area contributed by atoms with Gasteiger partial charge in [0.25, 0.3) is 0 Å². The van der Waals surface area contributed by atoms with Crippen LogP contribution in [0.15, 0.2) is 147 Å². The molecular weight excluding hydrogens is 713 g/mol. The van der Waals surface area contributed by atoms with Crippen LogP contribution < -0.4 is 21.2 Å². The Morgan fingerprint density at radius 1 is 0.463 bits per heavy atom. The molecule has 0 bridgehead atoms. The minimum absolute atomic E-state index is 0. The Hall–Kier alpha value is -2.09. The van der Waals surface area contributed by atoms with Gasteiger partial charge in [-0.1, -0.05) is 146 Å². The zero-order valence-corrected chi connectivity index (χ0v) is 28.5. The molecule has 0 fully saturated rings. The SMILES string of the molecule is C=CCCC[CH2-].C=CCCC[CH2-].[Pt+2].c1ccc(P(CCP(c2ccccc2)c2ccccc2)c2ccccc2)cc1. The number of benzene rings is 4. The molecule has 0 saturated heterocycles. The molecule has 0 unspecified atom stereocenters. The average Bonchev–Trinajstić information content (AvgIpc) is 3.03. The Labute approximate surface area is 268 Å². The molecule has 41 heavy (non-hydrogen) atoms. The smallest absolute Gasteiger partial charge is 0.343 e. The molecule has 0 saturated carbocycles. The van der Waals surface area contributed by atoms with E-state index in [0.29, 0.717) is 0 Å². The molecule has 0 spiro atoms. The Balaban J connectivity index is 0.000000547. The molecule has 4 rings (SSSR count). The summed E-state index contributed by atoms with van der Waals surface area (Å²) in [5, 5.41) is 5.89. The molecule has 0 aliphatic carbocycles. The molecule has 0 aliphatic heterocycles. The fourth-order valence-electron chi connectivity index (χ4n) is 4.02. The third-order valence-electron chi connectivity index (χ3n) is 6.14. The van der Waals surface area contributed by atoms with Crippen LogP contribution in [0.4, 0.5) is 0 Å². The zero-order valence-electron chi connectivity index (χ0n) is 24.4. The summed E-state index contributed by atoms with van der Waals surface area (Å²) in [5.41, 5.74) is 0. The molecule has 0 amide bonds. The Morgan fingerprint density at radius 2 is 0.707 bits per heavy atom. The molecule has 218 valence electrons. The van der Waals surface area contributed by atoms with E-state index in [1.165, 1.54) is 46.4 Å². The van der Waals surface area contributed by atoms with E-state index in [1.807, 2.05) is 12.2 Å². The maximum Gasteiger partial charge on any atom is 2.00 e. The number of allylic oxidation sites excluding steroid dienone is 2. The van der Waals surface area contributed by atoms with Gasteiger partial charge in [0.2, 0.25) is 0 Å². The molecule has 0 atom stereocenters.